The van der Waals surface area contributed by atoms with Crippen LogP contribution in [0, 0.1) is 6.92 Å². The van der Waals surface area contributed by atoms with E-state index in [1.807, 2.05) is 56.3 Å². The van der Waals surface area contributed by atoms with Crippen LogP contribution in [-0.4, -0.2) is 47.9 Å². The Kier molecular flexibility index (Phi) is 7.90. The number of para-hydroxylation sites is 1. The zero-order chi connectivity index (χ0) is 26.7. The Labute approximate surface area is 224 Å². The lowest BCUT2D eigenvalue weighted by atomic mass is 10.0. The lowest BCUT2D eigenvalue weighted by Gasteiger charge is -2.17. The van der Waals surface area contributed by atoms with Crippen LogP contribution in [0.25, 0.3) is 22.2 Å². The third-order valence-electron chi connectivity index (χ3n) is 6.12. The molecule has 0 unspecified atom stereocenters. The highest BCUT2D eigenvalue weighted by Gasteiger charge is 2.28. The van der Waals surface area contributed by atoms with Gasteiger partial charge in [-0.1, -0.05) is 48.0 Å². The maximum Gasteiger partial charge on any atom is 0.341 e. The highest BCUT2D eigenvalue weighted by molar-refractivity contribution is 7.18. The van der Waals surface area contributed by atoms with Gasteiger partial charge < -0.3 is 15.0 Å². The molecule has 4 aromatic rings. The van der Waals surface area contributed by atoms with Crippen molar-refractivity contribution in [1.29, 1.82) is 0 Å². The first-order valence-corrected chi connectivity index (χ1v) is 13.0. The van der Waals surface area contributed by atoms with Gasteiger partial charge in [-0.25, -0.2) is 9.78 Å². The Morgan fingerprint density at radius 2 is 1.73 bits per heavy atom. The molecule has 0 bridgehead atoms. The maximum atomic E-state index is 13.7. The number of rotatable bonds is 7. The molecule has 9 heteroatoms. The Morgan fingerprint density at radius 3 is 2.41 bits per heavy atom. The first-order valence-electron chi connectivity index (χ1n) is 11.8. The predicted molar refractivity (Wildman–Crippen MR) is 148 cm³/mol. The largest absolute Gasteiger partial charge is 0.465 e. The smallest absolute Gasteiger partial charge is 0.341 e. The van der Waals surface area contributed by atoms with Gasteiger partial charge >= 0.3 is 5.97 Å². The molecule has 0 aliphatic rings. The van der Waals surface area contributed by atoms with Crippen LogP contribution in [0.15, 0.2) is 54.6 Å². The minimum atomic E-state index is -0.626. The summed E-state index contributed by atoms with van der Waals surface area (Å²) in [6.45, 7) is 6.51. The molecule has 0 radical (unpaired) electrons. The number of carbonyl (C=O) groups is 3. The summed E-state index contributed by atoms with van der Waals surface area (Å²) in [7, 11) is 1.27. The van der Waals surface area contributed by atoms with Gasteiger partial charge in [0.25, 0.3) is 11.8 Å². The van der Waals surface area contributed by atoms with Crippen LogP contribution in [0.4, 0.5) is 5.00 Å². The summed E-state index contributed by atoms with van der Waals surface area (Å²) < 4.78 is 4.98. The topological polar surface area (TPSA) is 88.6 Å². The number of benzene rings is 2. The molecule has 2 amide bonds. The van der Waals surface area contributed by atoms with E-state index in [1.165, 1.54) is 7.11 Å². The first kappa shape index (κ1) is 26.3. The molecular formula is C28H26ClN3O4S. The number of methoxy groups -OCH3 is 1. The second-order valence-corrected chi connectivity index (χ2v) is 9.66. The summed E-state index contributed by atoms with van der Waals surface area (Å²) in [6, 6.07) is 16.3. The number of fused-ring (bicyclic) bond motifs is 1. The van der Waals surface area contributed by atoms with Crippen molar-refractivity contribution < 1.29 is 19.1 Å². The van der Waals surface area contributed by atoms with Crippen molar-refractivity contribution in [3.05, 3.63) is 81.2 Å². The molecule has 0 saturated heterocycles. The van der Waals surface area contributed by atoms with E-state index in [1.54, 1.807) is 24.0 Å². The number of hydrogen-bond acceptors (Lipinski definition) is 6. The average molecular weight is 536 g/mol. The number of amides is 2. The minimum absolute atomic E-state index is 0.168. The number of aromatic nitrogens is 1. The van der Waals surface area contributed by atoms with Crippen LogP contribution >= 0.6 is 22.9 Å². The molecule has 4 rings (SSSR count). The highest BCUT2D eigenvalue weighted by atomic mass is 35.5. The molecule has 37 heavy (non-hydrogen) atoms. The SMILES string of the molecule is CCN(CC)C(=O)c1sc(NC(=O)c2cc(-c3ccccc3Cl)nc3ccccc23)c(C(=O)OC)c1C. The van der Waals surface area contributed by atoms with Gasteiger partial charge in [0.1, 0.15) is 5.00 Å². The van der Waals surface area contributed by atoms with E-state index in [9.17, 15) is 14.4 Å². The van der Waals surface area contributed by atoms with E-state index in [0.717, 1.165) is 11.3 Å². The van der Waals surface area contributed by atoms with Crippen molar-refractivity contribution in [1.82, 2.24) is 9.88 Å². The fourth-order valence-corrected chi connectivity index (χ4v) is 5.54. The molecular weight excluding hydrogens is 510 g/mol. The summed E-state index contributed by atoms with van der Waals surface area (Å²) in [5.41, 5.74) is 2.86. The van der Waals surface area contributed by atoms with E-state index < -0.39 is 11.9 Å². The quantitative estimate of drug-likeness (QED) is 0.275. The second-order valence-electron chi connectivity index (χ2n) is 8.24. The number of anilines is 1. The lowest BCUT2D eigenvalue weighted by molar-refractivity contribution is 0.0601. The van der Waals surface area contributed by atoms with E-state index >= 15 is 0 Å². The molecule has 1 N–H and O–H groups in total. The van der Waals surface area contributed by atoms with Crippen molar-refractivity contribution in [2.45, 2.75) is 20.8 Å². The van der Waals surface area contributed by atoms with E-state index in [4.69, 9.17) is 21.3 Å². The maximum absolute atomic E-state index is 13.7. The molecule has 2 aromatic carbocycles. The number of ether oxygens (including phenoxy) is 1. The Hall–Kier alpha value is -3.75. The number of halogens is 1. The first-order chi connectivity index (χ1) is 17.8. The molecule has 0 aliphatic heterocycles. The molecule has 0 saturated carbocycles. The summed E-state index contributed by atoms with van der Waals surface area (Å²) in [5.74, 6) is -1.27. The van der Waals surface area contributed by atoms with Crippen molar-refractivity contribution in [2.24, 2.45) is 0 Å². The molecule has 190 valence electrons. The van der Waals surface area contributed by atoms with Crippen molar-refractivity contribution >= 4 is 56.6 Å². The third-order valence-corrected chi connectivity index (χ3v) is 7.64. The predicted octanol–water partition coefficient (Wildman–Crippen LogP) is 6.45. The molecule has 7 nitrogen and oxygen atoms in total. The molecule has 0 fully saturated rings. The number of esters is 1. The normalized spacial score (nSPS) is 10.8. The minimum Gasteiger partial charge on any atom is -0.465 e. The standard InChI is InChI=1S/C28H26ClN3O4S/c1-5-32(6-2)27(34)24-16(3)23(28(35)36-4)26(37-24)31-25(33)19-15-22(18-12-7-9-13-20(18)29)30-21-14-10-8-11-17(19)21/h7-15H,5-6H2,1-4H3,(H,31,33). The van der Waals surface area contributed by atoms with E-state index in [0.29, 0.717) is 56.3 Å². The number of nitrogens with one attached hydrogen (secondary N) is 1. The summed E-state index contributed by atoms with van der Waals surface area (Å²) >= 11 is 7.48. The van der Waals surface area contributed by atoms with Gasteiger partial charge in [0.15, 0.2) is 0 Å². The Balaban J connectivity index is 1.82. The average Bonchev–Trinajstić information content (AvgIpc) is 3.23. The monoisotopic (exact) mass is 535 g/mol. The zero-order valence-electron chi connectivity index (χ0n) is 20.9. The zero-order valence-corrected chi connectivity index (χ0v) is 22.5. The van der Waals surface area contributed by atoms with Crippen LogP contribution in [0.1, 0.15) is 49.8 Å². The van der Waals surface area contributed by atoms with Crippen LogP contribution < -0.4 is 5.32 Å². The number of thiophene rings is 1. The summed E-state index contributed by atoms with van der Waals surface area (Å²) in [6.07, 6.45) is 0. The molecule has 0 spiro atoms. The number of pyridine rings is 1. The van der Waals surface area contributed by atoms with Gasteiger partial charge in [-0.05, 0) is 44.5 Å². The van der Waals surface area contributed by atoms with Gasteiger partial charge in [0, 0.05) is 29.1 Å². The van der Waals surface area contributed by atoms with E-state index in [-0.39, 0.29) is 16.5 Å². The van der Waals surface area contributed by atoms with Gasteiger partial charge in [0.2, 0.25) is 0 Å². The molecule has 0 atom stereocenters. The number of hydrogen-bond donors (Lipinski definition) is 1. The van der Waals surface area contributed by atoms with Gasteiger partial charge in [-0.3, -0.25) is 9.59 Å². The lowest BCUT2D eigenvalue weighted by Crippen LogP contribution is -2.30. The van der Waals surface area contributed by atoms with Crippen molar-refractivity contribution in [3.8, 4) is 11.3 Å². The molecule has 2 aromatic heterocycles. The third kappa shape index (κ3) is 5.08. The summed E-state index contributed by atoms with van der Waals surface area (Å²) in [4.78, 5) is 46.3. The van der Waals surface area contributed by atoms with Gasteiger partial charge in [-0.2, -0.15) is 0 Å². The van der Waals surface area contributed by atoms with Crippen LogP contribution in [-0.2, 0) is 4.74 Å². The fourth-order valence-electron chi connectivity index (χ4n) is 4.15. The summed E-state index contributed by atoms with van der Waals surface area (Å²) in [5, 5.41) is 4.27. The highest BCUT2D eigenvalue weighted by Crippen LogP contribution is 2.36. The van der Waals surface area contributed by atoms with Crippen LogP contribution in [0.2, 0.25) is 5.02 Å². The Bertz CT molecular complexity index is 1510. The van der Waals surface area contributed by atoms with Crippen molar-refractivity contribution in [2.75, 3.05) is 25.5 Å². The number of nitrogens with zero attached hydrogens (tertiary/aromatic N) is 2. The van der Waals surface area contributed by atoms with Crippen molar-refractivity contribution in [3.63, 3.8) is 0 Å². The molecule has 0 aliphatic carbocycles. The van der Waals surface area contributed by atoms with Crippen LogP contribution in [0.5, 0.6) is 0 Å². The Morgan fingerprint density at radius 1 is 1.05 bits per heavy atom. The number of carbonyl (C=O) groups excluding carboxylic acids is 3. The fraction of sp³-hybridized carbons (Fsp3) is 0.214. The second kappa shape index (κ2) is 11.1. The molecule has 2 heterocycles. The van der Waals surface area contributed by atoms with Gasteiger partial charge in [-0.15, -0.1) is 11.3 Å². The van der Waals surface area contributed by atoms with Crippen LogP contribution in [0.3, 0.4) is 0 Å². The van der Waals surface area contributed by atoms with Gasteiger partial charge in [0.05, 0.1) is 34.3 Å². The van der Waals surface area contributed by atoms with E-state index in [2.05, 4.69) is 5.32 Å².